The van der Waals surface area contributed by atoms with Gasteiger partial charge >= 0.3 is 0 Å². The molecule has 0 aliphatic heterocycles. The van der Waals surface area contributed by atoms with Crippen LogP contribution in [0.5, 0.6) is 0 Å². The van der Waals surface area contributed by atoms with E-state index in [9.17, 15) is 9.59 Å². The minimum Gasteiger partial charge on any atom is -0.368 e. The predicted octanol–water partition coefficient (Wildman–Crippen LogP) is 1.83. The molecule has 0 atom stereocenters. The number of halogens is 2. The van der Waals surface area contributed by atoms with Crippen LogP contribution in [0.25, 0.3) is 0 Å². The van der Waals surface area contributed by atoms with E-state index in [0.717, 1.165) is 8.26 Å². The van der Waals surface area contributed by atoms with Crippen molar-refractivity contribution < 1.29 is 9.59 Å². The first-order valence-corrected chi connectivity index (χ1v) is 6.30. The monoisotopic (exact) mass is 354 g/mol. The van der Waals surface area contributed by atoms with E-state index in [1.807, 2.05) is 0 Å². The van der Waals surface area contributed by atoms with Gasteiger partial charge in [0, 0.05) is 11.5 Å². The van der Waals surface area contributed by atoms with Gasteiger partial charge in [0.1, 0.15) is 0 Å². The highest BCUT2D eigenvalue weighted by Gasteiger charge is 2.17. The first-order valence-electron chi connectivity index (χ1n) is 3.90. The van der Waals surface area contributed by atoms with Crippen LogP contribution < -0.4 is 5.73 Å². The first kappa shape index (κ1) is 12.7. The summed E-state index contributed by atoms with van der Waals surface area (Å²) in [6, 6.07) is 1.70. The fourth-order valence-corrected chi connectivity index (χ4v) is 2.98. The van der Waals surface area contributed by atoms with Gasteiger partial charge < -0.3 is 10.6 Å². The Morgan fingerprint density at radius 3 is 2.53 bits per heavy atom. The maximum absolute atomic E-state index is 11.7. The second-order valence-corrected chi connectivity index (χ2v) is 6.08. The van der Waals surface area contributed by atoms with Gasteiger partial charge in [0.25, 0.3) is 5.91 Å². The Kier molecular flexibility index (Phi) is 4.30. The molecule has 2 amide bonds. The van der Waals surface area contributed by atoms with Gasteiger partial charge in [-0.25, -0.2) is 0 Å². The van der Waals surface area contributed by atoms with Crippen molar-refractivity contribution >= 4 is 55.0 Å². The smallest absolute Gasteiger partial charge is 0.264 e. The predicted molar refractivity (Wildman–Crippen MR) is 65.9 cm³/mol. The topological polar surface area (TPSA) is 63.4 Å². The molecule has 7 heteroatoms. The molecule has 0 fully saturated rings. The van der Waals surface area contributed by atoms with Crippen LogP contribution in [0.4, 0.5) is 0 Å². The number of amides is 2. The molecule has 15 heavy (non-hydrogen) atoms. The number of nitrogens with zero attached hydrogens (tertiary/aromatic N) is 1. The number of carbonyl (C=O) groups excluding carboxylic acids is 2. The summed E-state index contributed by atoms with van der Waals surface area (Å²) in [5, 5.41) is 0. The van der Waals surface area contributed by atoms with E-state index < -0.39 is 5.91 Å². The van der Waals surface area contributed by atoms with E-state index in [0.29, 0.717) is 4.88 Å². The molecule has 0 aliphatic rings. The van der Waals surface area contributed by atoms with Crippen LogP contribution in [0.2, 0.25) is 0 Å². The average Bonchev–Trinajstić information content (AvgIpc) is 2.44. The molecule has 1 aromatic heterocycles. The molecule has 0 radical (unpaired) electrons. The molecule has 0 spiro atoms. The molecule has 2 N–H and O–H groups in total. The molecule has 0 saturated heterocycles. The van der Waals surface area contributed by atoms with Gasteiger partial charge in [0.05, 0.1) is 15.2 Å². The average molecular weight is 356 g/mol. The van der Waals surface area contributed by atoms with E-state index in [1.165, 1.54) is 23.3 Å². The van der Waals surface area contributed by atoms with E-state index in [2.05, 4.69) is 31.9 Å². The quantitative estimate of drug-likeness (QED) is 0.898. The lowest BCUT2D eigenvalue weighted by Gasteiger charge is -2.13. The fourth-order valence-electron chi connectivity index (χ4n) is 0.946. The van der Waals surface area contributed by atoms with Crippen molar-refractivity contribution in [1.29, 1.82) is 0 Å². The molecule has 1 rings (SSSR count). The maximum Gasteiger partial charge on any atom is 0.264 e. The Morgan fingerprint density at radius 1 is 1.53 bits per heavy atom. The zero-order valence-electron chi connectivity index (χ0n) is 7.79. The number of primary amides is 1. The molecule has 0 aromatic carbocycles. The minimum absolute atomic E-state index is 0.0774. The molecule has 1 aromatic rings. The van der Waals surface area contributed by atoms with Crippen molar-refractivity contribution in [1.82, 2.24) is 4.90 Å². The Morgan fingerprint density at radius 2 is 2.13 bits per heavy atom. The third-order valence-electron chi connectivity index (χ3n) is 1.60. The van der Waals surface area contributed by atoms with Crippen molar-refractivity contribution in [2.75, 3.05) is 13.6 Å². The number of hydrogen-bond acceptors (Lipinski definition) is 3. The maximum atomic E-state index is 11.7. The number of thiophene rings is 1. The Bertz CT molecular complexity index is 386. The summed E-state index contributed by atoms with van der Waals surface area (Å²) in [6.07, 6.45) is 0. The summed E-state index contributed by atoms with van der Waals surface area (Å²) in [5.41, 5.74) is 5.00. The number of hydrogen-bond donors (Lipinski definition) is 1. The van der Waals surface area contributed by atoms with E-state index in [4.69, 9.17) is 5.73 Å². The van der Waals surface area contributed by atoms with Crippen LogP contribution in [-0.4, -0.2) is 30.3 Å². The van der Waals surface area contributed by atoms with Crippen LogP contribution in [-0.2, 0) is 4.79 Å². The molecule has 4 nitrogen and oxygen atoms in total. The summed E-state index contributed by atoms with van der Waals surface area (Å²) in [7, 11) is 1.54. The van der Waals surface area contributed by atoms with Crippen LogP contribution in [0.1, 0.15) is 9.67 Å². The summed E-state index contributed by atoms with van der Waals surface area (Å²) in [5.74, 6) is -0.745. The standard InChI is InChI=1S/C8H8Br2N2O2S/c1-12(3-6(11)13)8(14)5-2-4(9)7(10)15-5/h2H,3H2,1H3,(H2,11,13). The number of likely N-dealkylation sites (N-methyl/N-ethyl adjacent to an activating group) is 1. The Hall–Kier alpha value is -0.400. The molecule has 1 heterocycles. The number of rotatable bonds is 3. The zero-order chi connectivity index (χ0) is 11.6. The highest BCUT2D eigenvalue weighted by atomic mass is 79.9. The SMILES string of the molecule is CN(CC(N)=O)C(=O)c1cc(Br)c(Br)s1. The first-order chi connectivity index (χ1) is 6.91. The van der Waals surface area contributed by atoms with Crippen molar-refractivity contribution in [2.24, 2.45) is 5.73 Å². The van der Waals surface area contributed by atoms with Crippen molar-refractivity contribution in [2.45, 2.75) is 0 Å². The summed E-state index contributed by atoms with van der Waals surface area (Å²) in [6.45, 7) is -0.0774. The Balaban J connectivity index is 2.80. The second-order valence-electron chi connectivity index (χ2n) is 2.86. The van der Waals surface area contributed by atoms with Crippen molar-refractivity contribution in [3.05, 3.63) is 19.2 Å². The third kappa shape index (κ3) is 3.29. The van der Waals surface area contributed by atoms with Gasteiger partial charge in [-0.3, -0.25) is 9.59 Å². The number of nitrogens with two attached hydrogens (primary N) is 1. The minimum atomic E-state index is -0.527. The molecular formula is C8H8Br2N2O2S. The van der Waals surface area contributed by atoms with Crippen LogP contribution in [0, 0.1) is 0 Å². The molecule has 0 bridgehead atoms. The van der Waals surface area contributed by atoms with Gasteiger partial charge in [-0.05, 0) is 37.9 Å². The summed E-state index contributed by atoms with van der Waals surface area (Å²) < 4.78 is 1.67. The van der Waals surface area contributed by atoms with E-state index in [1.54, 1.807) is 6.07 Å². The second kappa shape index (κ2) is 5.09. The van der Waals surface area contributed by atoms with Gasteiger partial charge in [-0.15, -0.1) is 11.3 Å². The highest BCUT2D eigenvalue weighted by Crippen LogP contribution is 2.32. The van der Waals surface area contributed by atoms with Gasteiger partial charge in [0.15, 0.2) is 0 Å². The van der Waals surface area contributed by atoms with Gasteiger partial charge in [0.2, 0.25) is 5.91 Å². The molecule has 0 aliphatic carbocycles. The van der Waals surface area contributed by atoms with Crippen LogP contribution >= 0.6 is 43.2 Å². The van der Waals surface area contributed by atoms with Crippen LogP contribution in [0.15, 0.2) is 14.3 Å². The normalized spacial score (nSPS) is 10.1. The van der Waals surface area contributed by atoms with Crippen molar-refractivity contribution in [3.8, 4) is 0 Å². The molecular weight excluding hydrogens is 348 g/mol. The van der Waals surface area contributed by atoms with Gasteiger partial charge in [-0.2, -0.15) is 0 Å². The molecule has 0 saturated carbocycles. The lowest BCUT2D eigenvalue weighted by molar-refractivity contribution is -0.118. The van der Waals surface area contributed by atoms with Crippen molar-refractivity contribution in [3.63, 3.8) is 0 Å². The van der Waals surface area contributed by atoms with Crippen LogP contribution in [0.3, 0.4) is 0 Å². The highest BCUT2D eigenvalue weighted by molar-refractivity contribution is 9.13. The molecule has 0 unspecified atom stereocenters. The summed E-state index contributed by atoms with van der Waals surface area (Å²) in [4.78, 5) is 24.2. The lowest BCUT2D eigenvalue weighted by Crippen LogP contribution is -2.34. The molecule has 82 valence electrons. The van der Waals surface area contributed by atoms with E-state index >= 15 is 0 Å². The Labute approximate surface area is 108 Å². The third-order valence-corrected chi connectivity index (χ3v) is 4.84. The zero-order valence-corrected chi connectivity index (χ0v) is 11.8. The fraction of sp³-hybridized carbons (Fsp3) is 0.250. The lowest BCUT2D eigenvalue weighted by atomic mass is 10.4. The largest absolute Gasteiger partial charge is 0.368 e. The summed E-state index contributed by atoms with van der Waals surface area (Å²) >= 11 is 7.88. The van der Waals surface area contributed by atoms with Gasteiger partial charge in [-0.1, -0.05) is 0 Å². The van der Waals surface area contributed by atoms with E-state index in [-0.39, 0.29) is 12.5 Å². The number of carbonyl (C=O) groups is 2.